The van der Waals surface area contributed by atoms with E-state index in [1.807, 2.05) is 31.2 Å². The molecule has 0 aliphatic heterocycles. The summed E-state index contributed by atoms with van der Waals surface area (Å²) in [7, 11) is 3.20. The summed E-state index contributed by atoms with van der Waals surface area (Å²) in [5.74, 6) is 1.27. The number of methoxy groups -OCH3 is 2. The van der Waals surface area contributed by atoms with Crippen molar-refractivity contribution in [3.05, 3.63) is 59.7 Å². The van der Waals surface area contributed by atoms with Crippen molar-refractivity contribution < 1.29 is 14.3 Å². The lowest BCUT2D eigenvalue weighted by molar-refractivity contribution is 0.0939. The lowest BCUT2D eigenvalue weighted by atomic mass is 10.1. The number of carbonyl (C=O) groups is 1. The molecule has 1 N–H and O–H groups in total. The maximum atomic E-state index is 12.3. The lowest BCUT2D eigenvalue weighted by Gasteiger charge is -2.17. The number of amides is 1. The Kier molecular flexibility index (Phi) is 4.82. The Morgan fingerprint density at radius 1 is 1.05 bits per heavy atom. The quantitative estimate of drug-likeness (QED) is 0.917. The zero-order valence-electron chi connectivity index (χ0n) is 12.4. The normalized spacial score (nSPS) is 11.6. The van der Waals surface area contributed by atoms with Gasteiger partial charge >= 0.3 is 0 Å². The molecule has 2 rings (SSSR count). The van der Waals surface area contributed by atoms with Crippen LogP contribution in [0.2, 0.25) is 0 Å². The molecular weight excluding hydrogens is 266 g/mol. The number of carbonyl (C=O) groups excluding carboxylic acids is 1. The summed E-state index contributed by atoms with van der Waals surface area (Å²) >= 11 is 0. The highest BCUT2D eigenvalue weighted by molar-refractivity contribution is 5.94. The molecule has 0 fully saturated rings. The van der Waals surface area contributed by atoms with Gasteiger partial charge in [0.25, 0.3) is 5.91 Å². The van der Waals surface area contributed by atoms with Crippen molar-refractivity contribution in [3.8, 4) is 11.5 Å². The van der Waals surface area contributed by atoms with Gasteiger partial charge in [-0.25, -0.2) is 0 Å². The first-order chi connectivity index (χ1) is 10.2. The van der Waals surface area contributed by atoms with E-state index in [-0.39, 0.29) is 11.9 Å². The summed E-state index contributed by atoms with van der Waals surface area (Å²) in [6.45, 7) is 1.93. The fourth-order valence-corrected chi connectivity index (χ4v) is 2.15. The van der Waals surface area contributed by atoms with E-state index in [1.54, 1.807) is 38.5 Å². The Morgan fingerprint density at radius 3 is 2.52 bits per heavy atom. The topological polar surface area (TPSA) is 47.6 Å². The molecule has 4 nitrogen and oxygen atoms in total. The van der Waals surface area contributed by atoms with Gasteiger partial charge in [-0.15, -0.1) is 0 Å². The Labute approximate surface area is 124 Å². The highest BCUT2D eigenvalue weighted by atomic mass is 16.5. The van der Waals surface area contributed by atoms with Crippen LogP contribution in [0.3, 0.4) is 0 Å². The van der Waals surface area contributed by atoms with Crippen LogP contribution in [0.1, 0.15) is 28.9 Å². The second-order valence-corrected chi connectivity index (χ2v) is 4.67. The Morgan fingerprint density at radius 2 is 1.81 bits per heavy atom. The Bertz CT molecular complexity index is 625. The zero-order chi connectivity index (χ0) is 15.2. The molecule has 110 valence electrons. The summed E-state index contributed by atoms with van der Waals surface area (Å²) in [5.41, 5.74) is 1.51. The fourth-order valence-electron chi connectivity index (χ4n) is 2.15. The third-order valence-corrected chi connectivity index (χ3v) is 3.28. The number of para-hydroxylation sites is 1. The summed E-state index contributed by atoms with van der Waals surface area (Å²) in [4.78, 5) is 12.3. The van der Waals surface area contributed by atoms with Crippen LogP contribution in [-0.2, 0) is 0 Å². The minimum atomic E-state index is -0.153. The second-order valence-electron chi connectivity index (χ2n) is 4.67. The van der Waals surface area contributed by atoms with Gasteiger partial charge in [-0.1, -0.05) is 24.3 Å². The lowest BCUT2D eigenvalue weighted by Crippen LogP contribution is -2.26. The molecule has 0 radical (unpaired) electrons. The Balaban J connectivity index is 2.15. The van der Waals surface area contributed by atoms with Crippen LogP contribution < -0.4 is 14.8 Å². The van der Waals surface area contributed by atoms with Crippen molar-refractivity contribution in [2.45, 2.75) is 13.0 Å². The standard InChI is InChI=1S/C17H19NO3/c1-12(15-9-4-5-10-16(15)21-3)18-17(19)13-7-6-8-14(11-13)20-2/h4-12H,1-3H3,(H,18,19)/t12-/m1/s1. The van der Waals surface area contributed by atoms with E-state index in [9.17, 15) is 4.79 Å². The number of nitrogens with one attached hydrogen (secondary N) is 1. The van der Waals surface area contributed by atoms with Gasteiger partial charge in [0.1, 0.15) is 11.5 Å². The van der Waals surface area contributed by atoms with Crippen molar-refractivity contribution in [2.75, 3.05) is 14.2 Å². The van der Waals surface area contributed by atoms with Crippen molar-refractivity contribution in [1.29, 1.82) is 0 Å². The van der Waals surface area contributed by atoms with Crippen LogP contribution >= 0.6 is 0 Å². The number of hydrogen-bond acceptors (Lipinski definition) is 3. The summed E-state index contributed by atoms with van der Waals surface area (Å²) < 4.78 is 10.5. The van der Waals surface area contributed by atoms with Crippen LogP contribution in [-0.4, -0.2) is 20.1 Å². The van der Waals surface area contributed by atoms with E-state index in [0.717, 1.165) is 11.3 Å². The van der Waals surface area contributed by atoms with Crippen molar-refractivity contribution in [3.63, 3.8) is 0 Å². The monoisotopic (exact) mass is 285 g/mol. The number of benzene rings is 2. The molecule has 1 amide bonds. The summed E-state index contributed by atoms with van der Waals surface area (Å²) in [5, 5.41) is 2.96. The van der Waals surface area contributed by atoms with Gasteiger partial charge < -0.3 is 14.8 Å². The average molecular weight is 285 g/mol. The summed E-state index contributed by atoms with van der Waals surface area (Å²) in [6.07, 6.45) is 0. The van der Waals surface area contributed by atoms with Gasteiger partial charge in [0.15, 0.2) is 0 Å². The first-order valence-electron chi connectivity index (χ1n) is 6.73. The molecule has 0 bridgehead atoms. The van der Waals surface area contributed by atoms with Gasteiger partial charge in [-0.3, -0.25) is 4.79 Å². The van der Waals surface area contributed by atoms with E-state index in [4.69, 9.17) is 9.47 Å². The van der Waals surface area contributed by atoms with Crippen LogP contribution in [0.5, 0.6) is 11.5 Å². The highest BCUT2D eigenvalue weighted by Gasteiger charge is 2.15. The van der Waals surface area contributed by atoms with Gasteiger partial charge in [0.05, 0.1) is 20.3 Å². The molecule has 0 heterocycles. The van der Waals surface area contributed by atoms with Gasteiger partial charge in [-0.05, 0) is 31.2 Å². The maximum Gasteiger partial charge on any atom is 0.251 e. The first-order valence-corrected chi connectivity index (χ1v) is 6.73. The van der Waals surface area contributed by atoms with E-state index in [0.29, 0.717) is 11.3 Å². The van der Waals surface area contributed by atoms with E-state index in [2.05, 4.69) is 5.32 Å². The maximum absolute atomic E-state index is 12.3. The molecule has 0 saturated heterocycles. The first kappa shape index (κ1) is 14.9. The van der Waals surface area contributed by atoms with Crippen molar-refractivity contribution in [1.82, 2.24) is 5.32 Å². The van der Waals surface area contributed by atoms with E-state index >= 15 is 0 Å². The molecule has 1 atom stereocenters. The molecular formula is C17H19NO3. The van der Waals surface area contributed by atoms with Crippen molar-refractivity contribution >= 4 is 5.91 Å². The van der Waals surface area contributed by atoms with Crippen LogP contribution in [0.4, 0.5) is 0 Å². The van der Waals surface area contributed by atoms with Gasteiger partial charge in [0.2, 0.25) is 0 Å². The molecule has 21 heavy (non-hydrogen) atoms. The minimum Gasteiger partial charge on any atom is -0.497 e. The number of rotatable bonds is 5. The smallest absolute Gasteiger partial charge is 0.251 e. The third-order valence-electron chi connectivity index (χ3n) is 3.28. The molecule has 0 saturated carbocycles. The molecule has 0 aliphatic carbocycles. The SMILES string of the molecule is COc1cccc(C(=O)N[C@H](C)c2ccccc2OC)c1. The minimum absolute atomic E-state index is 0.146. The molecule has 2 aromatic carbocycles. The van der Waals surface area contributed by atoms with Crippen LogP contribution in [0.25, 0.3) is 0 Å². The zero-order valence-corrected chi connectivity index (χ0v) is 12.4. The Hall–Kier alpha value is -2.49. The predicted molar refractivity (Wildman–Crippen MR) is 81.9 cm³/mol. The third kappa shape index (κ3) is 3.54. The molecule has 0 unspecified atom stereocenters. The van der Waals surface area contributed by atoms with Crippen LogP contribution in [0.15, 0.2) is 48.5 Å². The molecule has 0 aromatic heterocycles. The molecule has 0 aliphatic rings. The summed E-state index contributed by atoms with van der Waals surface area (Å²) in [6, 6.07) is 14.6. The fraction of sp³-hybridized carbons (Fsp3) is 0.235. The van der Waals surface area contributed by atoms with E-state index < -0.39 is 0 Å². The molecule has 2 aromatic rings. The van der Waals surface area contributed by atoms with Crippen molar-refractivity contribution in [2.24, 2.45) is 0 Å². The number of hydrogen-bond donors (Lipinski definition) is 1. The highest BCUT2D eigenvalue weighted by Crippen LogP contribution is 2.24. The van der Waals surface area contributed by atoms with E-state index in [1.165, 1.54) is 0 Å². The van der Waals surface area contributed by atoms with Gasteiger partial charge in [0, 0.05) is 11.1 Å². The largest absolute Gasteiger partial charge is 0.497 e. The molecule has 4 heteroatoms. The predicted octanol–water partition coefficient (Wildman–Crippen LogP) is 3.19. The second kappa shape index (κ2) is 6.79. The van der Waals surface area contributed by atoms with Crippen LogP contribution in [0, 0.1) is 0 Å². The van der Waals surface area contributed by atoms with Gasteiger partial charge in [-0.2, -0.15) is 0 Å². The molecule has 0 spiro atoms. The number of ether oxygens (including phenoxy) is 2. The average Bonchev–Trinajstić information content (AvgIpc) is 2.54.